The van der Waals surface area contributed by atoms with Crippen LogP contribution in [-0.2, 0) is 18.3 Å². The lowest BCUT2D eigenvalue weighted by Gasteiger charge is -2.27. The number of hydrogen-bond acceptors (Lipinski definition) is 4. The second kappa shape index (κ2) is 6.68. The number of aromatic nitrogens is 2. The van der Waals surface area contributed by atoms with Gasteiger partial charge in [-0.25, -0.2) is 0 Å². The molecule has 0 bridgehead atoms. The number of hydrogen-bond donors (Lipinski definition) is 1. The molecule has 0 radical (unpaired) electrons. The summed E-state index contributed by atoms with van der Waals surface area (Å²) in [6, 6.07) is 6.17. The largest absolute Gasteiger partial charge is 0.349 e. The fraction of sp³-hybridized carbons (Fsp3) is 0.350. The molecule has 0 aliphatic heterocycles. The lowest BCUT2D eigenvalue weighted by molar-refractivity contribution is -0.121. The summed E-state index contributed by atoms with van der Waals surface area (Å²) in [4.78, 5) is 28.3. The average molecular weight is 367 g/mol. The number of pyridine rings is 1. The highest BCUT2D eigenvalue weighted by molar-refractivity contribution is 7.16. The van der Waals surface area contributed by atoms with E-state index in [1.54, 1.807) is 11.6 Å². The third-order valence-electron chi connectivity index (χ3n) is 5.15. The predicted molar refractivity (Wildman–Crippen MR) is 104 cm³/mol. The highest BCUT2D eigenvalue weighted by Gasteiger charge is 2.24. The Bertz CT molecular complexity index is 1050. The molecule has 0 saturated carbocycles. The van der Waals surface area contributed by atoms with Crippen LogP contribution in [0, 0.1) is 0 Å². The molecule has 0 fully saturated rings. The van der Waals surface area contributed by atoms with E-state index < -0.39 is 0 Å². The van der Waals surface area contributed by atoms with Gasteiger partial charge in [-0.1, -0.05) is 24.3 Å². The van der Waals surface area contributed by atoms with Crippen LogP contribution in [0.4, 0.5) is 0 Å². The summed E-state index contributed by atoms with van der Waals surface area (Å²) >= 11 is 1.27. The zero-order chi connectivity index (χ0) is 18.3. The molecule has 1 aliphatic rings. The molecule has 6 heteroatoms. The van der Waals surface area contributed by atoms with Crippen molar-refractivity contribution >= 4 is 27.5 Å². The summed E-state index contributed by atoms with van der Waals surface area (Å²) in [6.45, 7) is 1.87. The molecule has 1 aromatic carbocycles. The van der Waals surface area contributed by atoms with E-state index in [2.05, 4.69) is 22.4 Å². The SMILES string of the molecule is CCC(=O)NC1CCCc2c(-c3ccc4c(c3)sc(=O)n4C)cncc21. The minimum absolute atomic E-state index is 0.0372. The van der Waals surface area contributed by atoms with Crippen LogP contribution in [0.15, 0.2) is 35.4 Å². The van der Waals surface area contributed by atoms with Crippen LogP contribution in [0.1, 0.15) is 43.4 Å². The van der Waals surface area contributed by atoms with Gasteiger partial charge in [0.1, 0.15) is 0 Å². The molecule has 2 aromatic heterocycles. The van der Waals surface area contributed by atoms with Crippen molar-refractivity contribution in [3.8, 4) is 11.1 Å². The zero-order valence-corrected chi connectivity index (χ0v) is 15.7. The Labute approximate surface area is 155 Å². The molecule has 0 spiro atoms. The summed E-state index contributed by atoms with van der Waals surface area (Å²) in [5.74, 6) is 0.0729. The first-order chi connectivity index (χ1) is 12.6. The Morgan fingerprint density at radius 2 is 2.23 bits per heavy atom. The summed E-state index contributed by atoms with van der Waals surface area (Å²) in [5, 5.41) is 3.12. The lowest BCUT2D eigenvalue weighted by atomic mass is 9.84. The molecule has 0 saturated heterocycles. The number of carbonyl (C=O) groups is 1. The summed E-state index contributed by atoms with van der Waals surface area (Å²) < 4.78 is 2.66. The maximum absolute atomic E-state index is 11.9. The number of rotatable bonds is 3. The van der Waals surface area contributed by atoms with Crippen LogP contribution in [0.25, 0.3) is 21.3 Å². The molecule has 1 unspecified atom stereocenters. The normalized spacial score (nSPS) is 16.5. The van der Waals surface area contributed by atoms with Crippen molar-refractivity contribution in [3.63, 3.8) is 0 Å². The van der Waals surface area contributed by atoms with E-state index in [4.69, 9.17) is 0 Å². The van der Waals surface area contributed by atoms with Crippen molar-refractivity contribution in [3.05, 3.63) is 51.4 Å². The van der Waals surface area contributed by atoms with Crippen molar-refractivity contribution in [1.82, 2.24) is 14.9 Å². The minimum Gasteiger partial charge on any atom is -0.349 e. The fourth-order valence-electron chi connectivity index (χ4n) is 3.72. The Kier molecular flexibility index (Phi) is 4.36. The van der Waals surface area contributed by atoms with Gasteiger partial charge < -0.3 is 9.88 Å². The Morgan fingerprint density at radius 1 is 1.38 bits per heavy atom. The minimum atomic E-state index is 0.0372. The second-order valence-electron chi connectivity index (χ2n) is 6.73. The van der Waals surface area contributed by atoms with Gasteiger partial charge in [-0.2, -0.15) is 0 Å². The van der Waals surface area contributed by atoms with E-state index in [-0.39, 0.29) is 16.8 Å². The van der Waals surface area contributed by atoms with Crippen molar-refractivity contribution in [2.24, 2.45) is 7.05 Å². The van der Waals surface area contributed by atoms with Crippen molar-refractivity contribution in [2.75, 3.05) is 0 Å². The molecule has 1 N–H and O–H groups in total. The van der Waals surface area contributed by atoms with Crippen LogP contribution in [0.2, 0.25) is 0 Å². The maximum Gasteiger partial charge on any atom is 0.307 e. The van der Waals surface area contributed by atoms with Gasteiger partial charge in [0.2, 0.25) is 5.91 Å². The summed E-state index contributed by atoms with van der Waals surface area (Å²) in [5.41, 5.74) is 5.51. The molecule has 134 valence electrons. The number of thiazole rings is 1. The molecule has 1 amide bonds. The van der Waals surface area contributed by atoms with Gasteiger partial charge in [0.15, 0.2) is 0 Å². The molecule has 4 rings (SSSR count). The zero-order valence-electron chi connectivity index (χ0n) is 14.9. The first-order valence-corrected chi connectivity index (χ1v) is 9.76. The van der Waals surface area contributed by atoms with E-state index in [1.165, 1.54) is 16.9 Å². The lowest BCUT2D eigenvalue weighted by Crippen LogP contribution is -2.30. The monoisotopic (exact) mass is 367 g/mol. The molecular formula is C20H21N3O2S. The van der Waals surface area contributed by atoms with Crippen LogP contribution < -0.4 is 10.2 Å². The third-order valence-corrected chi connectivity index (χ3v) is 6.14. The third kappa shape index (κ3) is 2.84. The predicted octanol–water partition coefficient (Wildman–Crippen LogP) is 3.57. The highest BCUT2D eigenvalue weighted by atomic mass is 32.1. The van der Waals surface area contributed by atoms with Crippen LogP contribution in [0.5, 0.6) is 0 Å². The smallest absolute Gasteiger partial charge is 0.307 e. The Morgan fingerprint density at radius 3 is 3.04 bits per heavy atom. The Hall–Kier alpha value is -2.47. The van der Waals surface area contributed by atoms with Gasteiger partial charge in [0.25, 0.3) is 0 Å². The fourth-order valence-corrected chi connectivity index (χ4v) is 4.64. The van der Waals surface area contributed by atoms with E-state index >= 15 is 0 Å². The van der Waals surface area contributed by atoms with E-state index in [0.29, 0.717) is 6.42 Å². The molecule has 1 atom stereocenters. The maximum atomic E-state index is 11.9. The number of carbonyl (C=O) groups excluding carboxylic acids is 1. The van der Waals surface area contributed by atoms with Crippen molar-refractivity contribution in [1.29, 1.82) is 0 Å². The number of aryl methyl sites for hydroxylation is 1. The molecule has 1 aliphatic carbocycles. The molecular weight excluding hydrogens is 346 g/mol. The molecule has 26 heavy (non-hydrogen) atoms. The van der Waals surface area contributed by atoms with Crippen molar-refractivity contribution < 1.29 is 4.79 Å². The number of amides is 1. The summed E-state index contributed by atoms with van der Waals surface area (Å²) in [7, 11) is 1.80. The Balaban J connectivity index is 1.80. The van der Waals surface area contributed by atoms with Gasteiger partial charge in [-0.15, -0.1) is 0 Å². The number of nitrogens with one attached hydrogen (secondary N) is 1. The number of fused-ring (bicyclic) bond motifs is 2. The summed E-state index contributed by atoms with van der Waals surface area (Å²) in [6.07, 6.45) is 7.24. The molecule has 5 nitrogen and oxygen atoms in total. The van der Waals surface area contributed by atoms with E-state index in [9.17, 15) is 9.59 Å². The van der Waals surface area contributed by atoms with Crippen LogP contribution in [0.3, 0.4) is 0 Å². The topological polar surface area (TPSA) is 64.0 Å². The van der Waals surface area contributed by atoms with Crippen LogP contribution in [-0.4, -0.2) is 15.5 Å². The first-order valence-electron chi connectivity index (χ1n) is 8.94. The van der Waals surface area contributed by atoms with Crippen molar-refractivity contribution in [2.45, 2.75) is 38.6 Å². The quantitative estimate of drug-likeness (QED) is 0.770. The van der Waals surface area contributed by atoms with Gasteiger partial charge in [0.05, 0.1) is 16.3 Å². The molecule has 3 aromatic rings. The highest BCUT2D eigenvalue weighted by Crippen LogP contribution is 2.36. The van der Waals surface area contributed by atoms with Gasteiger partial charge in [-0.05, 0) is 48.1 Å². The van der Waals surface area contributed by atoms with Crippen LogP contribution >= 0.6 is 11.3 Å². The number of nitrogens with zero attached hydrogens (tertiary/aromatic N) is 2. The number of benzene rings is 1. The first kappa shape index (κ1) is 17.0. The van der Waals surface area contributed by atoms with E-state index in [0.717, 1.165) is 46.2 Å². The van der Waals surface area contributed by atoms with Gasteiger partial charge >= 0.3 is 4.87 Å². The van der Waals surface area contributed by atoms with E-state index in [1.807, 2.05) is 25.4 Å². The molecule has 2 heterocycles. The standard InChI is InChI=1S/C20H21N3O2S/c1-3-19(24)22-16-6-4-5-13-14(10-21-11-15(13)16)12-7-8-17-18(9-12)26-20(25)23(17)2/h7-11,16H,3-6H2,1-2H3,(H,22,24). The van der Waals surface area contributed by atoms with Gasteiger partial charge in [0, 0.05) is 31.4 Å². The average Bonchev–Trinajstić information content (AvgIpc) is 2.95. The second-order valence-corrected chi connectivity index (χ2v) is 7.72. The van der Waals surface area contributed by atoms with Gasteiger partial charge in [-0.3, -0.25) is 14.6 Å².